The maximum Gasteiger partial charge on any atom is 0.128 e. The summed E-state index contributed by atoms with van der Waals surface area (Å²) in [6.07, 6.45) is 0.641. The Balaban J connectivity index is 2.88. The van der Waals surface area contributed by atoms with Crippen LogP contribution >= 0.6 is 11.6 Å². The van der Waals surface area contributed by atoms with Crippen LogP contribution in [0.1, 0.15) is 31.2 Å². The second-order valence-electron chi connectivity index (χ2n) is 3.76. The van der Waals surface area contributed by atoms with Crippen molar-refractivity contribution in [2.45, 2.75) is 25.6 Å². The number of benzene rings is 1. The Kier molecular flexibility index (Phi) is 3.87. The smallest absolute Gasteiger partial charge is 0.128 e. The van der Waals surface area contributed by atoms with Gasteiger partial charge in [-0.3, -0.25) is 0 Å². The van der Waals surface area contributed by atoms with Crippen molar-refractivity contribution < 1.29 is 8.78 Å². The third-order valence-electron chi connectivity index (χ3n) is 1.97. The average molecular weight is 219 g/mol. The van der Waals surface area contributed by atoms with E-state index in [2.05, 4.69) is 0 Å². The molecule has 1 atom stereocenters. The lowest BCUT2D eigenvalue weighted by atomic mass is 10.0. The SMILES string of the molecule is CC(C)CC(Cl)c1cc(F)ccc1F. The maximum absolute atomic E-state index is 13.2. The molecule has 0 heterocycles. The quantitative estimate of drug-likeness (QED) is 0.664. The van der Waals surface area contributed by atoms with Gasteiger partial charge >= 0.3 is 0 Å². The molecular formula is C11H13ClF2. The van der Waals surface area contributed by atoms with Gasteiger partial charge in [-0.15, -0.1) is 11.6 Å². The summed E-state index contributed by atoms with van der Waals surface area (Å²) in [4.78, 5) is 0. The summed E-state index contributed by atoms with van der Waals surface area (Å²) in [5.41, 5.74) is 0.250. The zero-order valence-corrected chi connectivity index (χ0v) is 8.98. The molecule has 1 aromatic rings. The summed E-state index contributed by atoms with van der Waals surface area (Å²) in [5, 5.41) is -0.453. The standard InChI is InChI=1S/C11H13ClF2/c1-7(2)5-10(12)9-6-8(13)3-4-11(9)14/h3-4,6-7,10H,5H2,1-2H3. The van der Waals surface area contributed by atoms with E-state index in [-0.39, 0.29) is 5.56 Å². The van der Waals surface area contributed by atoms with Gasteiger partial charge in [0.25, 0.3) is 0 Å². The molecule has 0 aliphatic heterocycles. The lowest BCUT2D eigenvalue weighted by Crippen LogP contribution is -2.00. The topological polar surface area (TPSA) is 0 Å². The fourth-order valence-corrected chi connectivity index (χ4v) is 1.82. The van der Waals surface area contributed by atoms with Gasteiger partial charge in [-0.05, 0) is 30.5 Å². The van der Waals surface area contributed by atoms with Crippen LogP contribution < -0.4 is 0 Å². The van der Waals surface area contributed by atoms with E-state index in [1.165, 1.54) is 0 Å². The van der Waals surface area contributed by atoms with Gasteiger partial charge in [-0.2, -0.15) is 0 Å². The van der Waals surface area contributed by atoms with E-state index in [0.29, 0.717) is 12.3 Å². The Bertz CT molecular complexity index is 310. The molecule has 0 aliphatic carbocycles. The zero-order valence-electron chi connectivity index (χ0n) is 8.23. The molecule has 1 aromatic carbocycles. The molecular weight excluding hydrogens is 206 g/mol. The predicted octanol–water partition coefficient (Wildman–Crippen LogP) is 4.29. The first-order chi connectivity index (χ1) is 6.50. The molecule has 1 unspecified atom stereocenters. The molecule has 0 aliphatic rings. The van der Waals surface area contributed by atoms with E-state index in [1.54, 1.807) is 0 Å². The van der Waals surface area contributed by atoms with Crippen molar-refractivity contribution in [2.24, 2.45) is 5.92 Å². The molecule has 0 amide bonds. The van der Waals surface area contributed by atoms with Gasteiger partial charge < -0.3 is 0 Å². The Morgan fingerprint density at radius 3 is 2.50 bits per heavy atom. The molecule has 1 rings (SSSR count). The van der Waals surface area contributed by atoms with Gasteiger partial charge in [0.05, 0.1) is 5.38 Å². The second kappa shape index (κ2) is 4.74. The first kappa shape index (κ1) is 11.4. The maximum atomic E-state index is 13.2. The van der Waals surface area contributed by atoms with Crippen molar-refractivity contribution in [3.05, 3.63) is 35.4 Å². The van der Waals surface area contributed by atoms with Crippen molar-refractivity contribution in [3.8, 4) is 0 Å². The highest BCUT2D eigenvalue weighted by atomic mass is 35.5. The summed E-state index contributed by atoms with van der Waals surface area (Å²) in [6.45, 7) is 3.99. The number of alkyl halides is 1. The first-order valence-corrected chi connectivity index (χ1v) is 5.03. The highest BCUT2D eigenvalue weighted by Crippen LogP contribution is 2.29. The molecule has 0 nitrogen and oxygen atoms in total. The van der Waals surface area contributed by atoms with E-state index in [4.69, 9.17) is 11.6 Å². The molecule has 0 saturated carbocycles. The second-order valence-corrected chi connectivity index (χ2v) is 4.29. The van der Waals surface area contributed by atoms with Gasteiger partial charge in [0.15, 0.2) is 0 Å². The fraction of sp³-hybridized carbons (Fsp3) is 0.455. The Hall–Kier alpha value is -0.630. The van der Waals surface area contributed by atoms with E-state index >= 15 is 0 Å². The number of rotatable bonds is 3. The van der Waals surface area contributed by atoms with Gasteiger partial charge in [-0.25, -0.2) is 8.78 Å². The fourth-order valence-electron chi connectivity index (χ4n) is 1.30. The van der Waals surface area contributed by atoms with Crippen LogP contribution in [0.3, 0.4) is 0 Å². The van der Waals surface area contributed by atoms with E-state index in [9.17, 15) is 8.78 Å². The summed E-state index contributed by atoms with van der Waals surface area (Å²) >= 11 is 5.97. The molecule has 0 spiro atoms. The van der Waals surface area contributed by atoms with Gasteiger partial charge in [0.2, 0.25) is 0 Å². The Labute approximate surface area is 87.9 Å². The van der Waals surface area contributed by atoms with Crippen molar-refractivity contribution >= 4 is 11.6 Å². The molecule has 0 bridgehead atoms. The summed E-state index contributed by atoms with van der Waals surface area (Å²) in [6, 6.07) is 3.37. The highest BCUT2D eigenvalue weighted by molar-refractivity contribution is 6.20. The minimum atomic E-state index is -0.453. The summed E-state index contributed by atoms with van der Waals surface area (Å²) in [5.74, 6) is -0.525. The Morgan fingerprint density at radius 2 is 1.93 bits per heavy atom. The third kappa shape index (κ3) is 2.95. The lowest BCUT2D eigenvalue weighted by molar-refractivity contribution is 0.539. The molecule has 0 radical (unpaired) electrons. The molecule has 3 heteroatoms. The van der Waals surface area contributed by atoms with Crippen LogP contribution in [0.15, 0.2) is 18.2 Å². The zero-order chi connectivity index (χ0) is 10.7. The molecule has 0 saturated heterocycles. The molecule has 14 heavy (non-hydrogen) atoms. The van der Waals surface area contributed by atoms with Crippen LogP contribution in [-0.2, 0) is 0 Å². The van der Waals surface area contributed by atoms with Crippen LogP contribution in [0.4, 0.5) is 8.78 Å². The van der Waals surface area contributed by atoms with Crippen molar-refractivity contribution in [1.82, 2.24) is 0 Å². The van der Waals surface area contributed by atoms with E-state index < -0.39 is 17.0 Å². The van der Waals surface area contributed by atoms with Crippen LogP contribution in [-0.4, -0.2) is 0 Å². The van der Waals surface area contributed by atoms with Crippen molar-refractivity contribution in [2.75, 3.05) is 0 Å². The summed E-state index contributed by atoms with van der Waals surface area (Å²) in [7, 11) is 0. The molecule has 78 valence electrons. The molecule has 0 N–H and O–H groups in total. The van der Waals surface area contributed by atoms with Gasteiger partial charge in [0.1, 0.15) is 11.6 Å². The molecule has 0 fully saturated rings. The van der Waals surface area contributed by atoms with Crippen LogP contribution in [0.5, 0.6) is 0 Å². The summed E-state index contributed by atoms with van der Waals surface area (Å²) < 4.78 is 26.0. The first-order valence-electron chi connectivity index (χ1n) is 4.59. The van der Waals surface area contributed by atoms with Gasteiger partial charge in [0, 0.05) is 5.56 Å². The monoisotopic (exact) mass is 218 g/mol. The van der Waals surface area contributed by atoms with E-state index in [0.717, 1.165) is 18.2 Å². The van der Waals surface area contributed by atoms with Crippen LogP contribution in [0.25, 0.3) is 0 Å². The largest absolute Gasteiger partial charge is 0.207 e. The van der Waals surface area contributed by atoms with Gasteiger partial charge in [-0.1, -0.05) is 13.8 Å². The number of halogens is 3. The molecule has 0 aromatic heterocycles. The minimum absolute atomic E-state index is 0.250. The van der Waals surface area contributed by atoms with Crippen molar-refractivity contribution in [1.29, 1.82) is 0 Å². The lowest BCUT2D eigenvalue weighted by Gasteiger charge is -2.13. The predicted molar refractivity (Wildman–Crippen MR) is 54.4 cm³/mol. The highest BCUT2D eigenvalue weighted by Gasteiger charge is 2.15. The van der Waals surface area contributed by atoms with Crippen LogP contribution in [0.2, 0.25) is 0 Å². The van der Waals surface area contributed by atoms with Crippen molar-refractivity contribution in [3.63, 3.8) is 0 Å². The third-order valence-corrected chi connectivity index (χ3v) is 2.39. The number of hydrogen-bond acceptors (Lipinski definition) is 0. The normalized spacial score (nSPS) is 13.3. The number of hydrogen-bond donors (Lipinski definition) is 0. The van der Waals surface area contributed by atoms with Crippen LogP contribution in [0, 0.1) is 17.6 Å². The Morgan fingerprint density at radius 1 is 1.29 bits per heavy atom. The van der Waals surface area contributed by atoms with E-state index in [1.807, 2.05) is 13.8 Å². The minimum Gasteiger partial charge on any atom is -0.207 e. The average Bonchev–Trinajstić information content (AvgIpc) is 2.08.